The van der Waals surface area contributed by atoms with Gasteiger partial charge in [0.1, 0.15) is 6.10 Å². The van der Waals surface area contributed by atoms with Crippen LogP contribution in [0, 0.1) is 13.8 Å². The summed E-state index contributed by atoms with van der Waals surface area (Å²) in [5, 5.41) is 8.13. The topological polar surface area (TPSA) is 44.2 Å². The van der Waals surface area contributed by atoms with Gasteiger partial charge in [0, 0.05) is 5.56 Å². The lowest BCUT2D eigenvalue weighted by Gasteiger charge is -2.26. The normalized spacial score (nSPS) is 16.5. The summed E-state index contributed by atoms with van der Waals surface area (Å²) in [5.41, 5.74) is 1.86. The van der Waals surface area contributed by atoms with Crippen molar-refractivity contribution in [2.75, 3.05) is 13.2 Å². The molecule has 0 aliphatic carbocycles. The van der Waals surface area contributed by atoms with Crippen molar-refractivity contribution in [3.63, 3.8) is 0 Å². The van der Waals surface area contributed by atoms with Crippen molar-refractivity contribution >= 4 is 11.6 Å². The highest BCUT2D eigenvalue weighted by atomic mass is 35.5. The third-order valence-electron chi connectivity index (χ3n) is 2.31. The van der Waals surface area contributed by atoms with Crippen LogP contribution in [-0.4, -0.2) is 29.5 Å². The van der Waals surface area contributed by atoms with E-state index in [0.717, 1.165) is 11.1 Å². The monoisotopic (exact) mass is 214 g/mol. The van der Waals surface area contributed by atoms with Crippen molar-refractivity contribution in [3.8, 4) is 5.88 Å². The molecule has 0 aromatic carbocycles. The average Bonchev–Trinajstić information content (AvgIpc) is 2.10. The first-order chi connectivity index (χ1) is 6.68. The third kappa shape index (κ3) is 1.67. The van der Waals surface area contributed by atoms with E-state index in [4.69, 9.17) is 21.1 Å². The van der Waals surface area contributed by atoms with E-state index in [1.165, 1.54) is 0 Å². The van der Waals surface area contributed by atoms with E-state index in [1.807, 2.05) is 13.8 Å². The highest BCUT2D eigenvalue weighted by molar-refractivity contribution is 6.30. The van der Waals surface area contributed by atoms with Crippen molar-refractivity contribution in [2.45, 2.75) is 20.0 Å². The van der Waals surface area contributed by atoms with Crippen molar-refractivity contribution < 1.29 is 9.47 Å². The first-order valence-corrected chi connectivity index (χ1v) is 4.80. The predicted octanol–water partition coefficient (Wildman–Crippen LogP) is 1.52. The van der Waals surface area contributed by atoms with Crippen LogP contribution in [0.5, 0.6) is 5.88 Å². The van der Waals surface area contributed by atoms with Crippen molar-refractivity contribution in [3.05, 3.63) is 16.3 Å². The second-order valence-corrected chi connectivity index (χ2v) is 3.68. The van der Waals surface area contributed by atoms with Gasteiger partial charge in [-0.05, 0) is 19.4 Å². The Morgan fingerprint density at radius 3 is 2.57 bits per heavy atom. The summed E-state index contributed by atoms with van der Waals surface area (Å²) in [6, 6.07) is 0. The quantitative estimate of drug-likeness (QED) is 0.749. The lowest BCUT2D eigenvalue weighted by Crippen LogP contribution is -2.39. The molecule has 76 valence electrons. The lowest BCUT2D eigenvalue weighted by molar-refractivity contribution is -0.0819. The summed E-state index contributed by atoms with van der Waals surface area (Å²) in [7, 11) is 0. The van der Waals surface area contributed by atoms with Crippen molar-refractivity contribution in [2.24, 2.45) is 0 Å². The number of rotatable bonds is 2. The van der Waals surface area contributed by atoms with Gasteiger partial charge in [-0.2, -0.15) is 0 Å². The first-order valence-electron chi connectivity index (χ1n) is 4.42. The summed E-state index contributed by atoms with van der Waals surface area (Å²) < 4.78 is 10.6. The van der Waals surface area contributed by atoms with Gasteiger partial charge in [-0.3, -0.25) is 0 Å². The van der Waals surface area contributed by atoms with Crippen LogP contribution in [0.3, 0.4) is 0 Å². The zero-order chi connectivity index (χ0) is 10.1. The molecule has 1 aliphatic heterocycles. The molecule has 0 bridgehead atoms. The molecule has 2 rings (SSSR count). The van der Waals surface area contributed by atoms with E-state index in [1.54, 1.807) is 0 Å². The Hall–Kier alpha value is -0.870. The molecule has 0 amide bonds. The number of hydrogen-bond acceptors (Lipinski definition) is 4. The number of halogens is 1. The van der Waals surface area contributed by atoms with Gasteiger partial charge in [0.15, 0.2) is 5.15 Å². The molecule has 5 heteroatoms. The highest BCUT2D eigenvalue weighted by Gasteiger charge is 2.22. The average molecular weight is 215 g/mol. The van der Waals surface area contributed by atoms with E-state index in [-0.39, 0.29) is 6.10 Å². The molecule has 14 heavy (non-hydrogen) atoms. The van der Waals surface area contributed by atoms with E-state index in [9.17, 15) is 0 Å². The van der Waals surface area contributed by atoms with Crippen molar-refractivity contribution in [1.82, 2.24) is 10.2 Å². The number of aromatic nitrogens is 2. The van der Waals surface area contributed by atoms with Gasteiger partial charge in [0.05, 0.1) is 13.2 Å². The molecule has 0 N–H and O–H groups in total. The van der Waals surface area contributed by atoms with Gasteiger partial charge in [-0.1, -0.05) is 11.6 Å². The van der Waals surface area contributed by atoms with Gasteiger partial charge < -0.3 is 9.47 Å². The Bertz CT molecular complexity index is 353. The molecule has 0 radical (unpaired) electrons. The van der Waals surface area contributed by atoms with E-state index in [2.05, 4.69) is 10.2 Å². The molecule has 1 aliphatic rings. The Kier molecular flexibility index (Phi) is 2.56. The van der Waals surface area contributed by atoms with Crippen LogP contribution in [0.25, 0.3) is 0 Å². The molecular weight excluding hydrogens is 204 g/mol. The second-order valence-electron chi connectivity index (χ2n) is 3.32. The Labute approximate surface area is 87.2 Å². The lowest BCUT2D eigenvalue weighted by atomic mass is 10.2. The van der Waals surface area contributed by atoms with Crippen LogP contribution in [0.4, 0.5) is 0 Å². The van der Waals surface area contributed by atoms with Crippen LogP contribution >= 0.6 is 11.6 Å². The van der Waals surface area contributed by atoms with Gasteiger partial charge in [-0.25, -0.2) is 0 Å². The van der Waals surface area contributed by atoms with Gasteiger partial charge in [-0.15, -0.1) is 10.2 Å². The van der Waals surface area contributed by atoms with E-state index < -0.39 is 0 Å². The molecule has 2 heterocycles. The minimum atomic E-state index is 0.114. The molecule has 0 unspecified atom stereocenters. The zero-order valence-electron chi connectivity index (χ0n) is 8.08. The largest absolute Gasteiger partial charge is 0.468 e. The number of ether oxygens (including phenoxy) is 2. The zero-order valence-corrected chi connectivity index (χ0v) is 8.84. The standard InChI is InChI=1S/C9H11ClN2O2/c1-5-6(2)9(12-11-8(5)10)14-7-3-13-4-7/h7H,3-4H2,1-2H3. The van der Waals surface area contributed by atoms with Gasteiger partial charge >= 0.3 is 0 Å². The van der Waals surface area contributed by atoms with Crippen molar-refractivity contribution in [1.29, 1.82) is 0 Å². The molecule has 1 aromatic heterocycles. The van der Waals surface area contributed by atoms with E-state index in [0.29, 0.717) is 24.2 Å². The number of hydrogen-bond donors (Lipinski definition) is 0. The molecular formula is C9H11ClN2O2. The first kappa shape index (κ1) is 9.68. The maximum absolute atomic E-state index is 5.82. The molecule has 0 atom stereocenters. The van der Waals surface area contributed by atoms with Crippen LogP contribution < -0.4 is 4.74 Å². The Balaban J connectivity index is 2.20. The van der Waals surface area contributed by atoms with Gasteiger partial charge in [0.2, 0.25) is 5.88 Å². The minimum absolute atomic E-state index is 0.114. The predicted molar refractivity (Wildman–Crippen MR) is 51.8 cm³/mol. The van der Waals surface area contributed by atoms with Crippen LogP contribution in [0.2, 0.25) is 5.15 Å². The van der Waals surface area contributed by atoms with E-state index >= 15 is 0 Å². The fraction of sp³-hybridized carbons (Fsp3) is 0.556. The summed E-state index contributed by atoms with van der Waals surface area (Å²) >= 11 is 5.82. The van der Waals surface area contributed by atoms with Crippen LogP contribution in [0.1, 0.15) is 11.1 Å². The van der Waals surface area contributed by atoms with Crippen LogP contribution in [0.15, 0.2) is 0 Å². The molecule has 4 nitrogen and oxygen atoms in total. The van der Waals surface area contributed by atoms with Gasteiger partial charge in [0.25, 0.3) is 0 Å². The maximum Gasteiger partial charge on any atom is 0.237 e. The summed E-state index contributed by atoms with van der Waals surface area (Å²) in [5.74, 6) is 0.556. The Morgan fingerprint density at radius 2 is 2.00 bits per heavy atom. The maximum atomic E-state index is 5.82. The molecule has 1 saturated heterocycles. The summed E-state index contributed by atoms with van der Waals surface area (Å²) in [4.78, 5) is 0. The smallest absolute Gasteiger partial charge is 0.237 e. The highest BCUT2D eigenvalue weighted by Crippen LogP contribution is 2.24. The van der Waals surface area contributed by atoms with Crippen LogP contribution in [-0.2, 0) is 4.74 Å². The number of nitrogens with zero attached hydrogens (tertiary/aromatic N) is 2. The minimum Gasteiger partial charge on any atom is -0.468 e. The summed E-state index contributed by atoms with van der Waals surface area (Å²) in [6.45, 7) is 5.08. The molecule has 1 fully saturated rings. The second kappa shape index (κ2) is 3.71. The molecule has 1 aromatic rings. The third-order valence-corrected chi connectivity index (χ3v) is 2.67. The molecule has 0 spiro atoms. The molecule has 0 saturated carbocycles. The Morgan fingerprint density at radius 1 is 1.29 bits per heavy atom. The SMILES string of the molecule is Cc1c(Cl)nnc(OC2COC2)c1C. The fourth-order valence-corrected chi connectivity index (χ4v) is 1.29. The summed E-state index contributed by atoms with van der Waals surface area (Å²) in [6.07, 6.45) is 0.114. The fourth-order valence-electron chi connectivity index (χ4n) is 1.11.